The summed E-state index contributed by atoms with van der Waals surface area (Å²) in [6.07, 6.45) is 1.51. The molecule has 0 bridgehead atoms. The van der Waals surface area contributed by atoms with Gasteiger partial charge in [-0.25, -0.2) is 5.43 Å². The average molecular weight is 272 g/mol. The van der Waals surface area contributed by atoms with Crippen LogP contribution in [0.3, 0.4) is 0 Å². The second-order valence-corrected chi connectivity index (χ2v) is 4.47. The molecule has 0 saturated carbocycles. The van der Waals surface area contributed by atoms with E-state index in [4.69, 9.17) is 5.11 Å². The van der Waals surface area contributed by atoms with Gasteiger partial charge in [-0.3, -0.25) is 9.48 Å². The van der Waals surface area contributed by atoms with Gasteiger partial charge in [0.25, 0.3) is 5.91 Å². The normalized spacial score (nSPS) is 10.9. The van der Waals surface area contributed by atoms with E-state index in [-0.39, 0.29) is 18.2 Å². The Morgan fingerprint density at radius 1 is 1.40 bits per heavy atom. The van der Waals surface area contributed by atoms with Gasteiger partial charge in [0, 0.05) is 5.69 Å². The third-order valence-corrected chi connectivity index (χ3v) is 2.69. The molecular formula is C14H16N4O2. The minimum Gasteiger partial charge on any atom is -0.508 e. The number of hydrogen-bond donors (Lipinski definition) is 2. The summed E-state index contributed by atoms with van der Waals surface area (Å²) in [4.78, 5) is 11.7. The van der Waals surface area contributed by atoms with Crippen LogP contribution in [0.25, 0.3) is 0 Å². The van der Waals surface area contributed by atoms with E-state index in [9.17, 15) is 4.79 Å². The first-order valence-electron chi connectivity index (χ1n) is 6.16. The molecule has 104 valence electrons. The molecule has 0 aliphatic rings. The Hall–Kier alpha value is -2.63. The molecule has 2 aromatic rings. The molecule has 6 heteroatoms. The average Bonchev–Trinajstić information content (AvgIpc) is 2.70. The van der Waals surface area contributed by atoms with Gasteiger partial charge < -0.3 is 5.11 Å². The van der Waals surface area contributed by atoms with E-state index >= 15 is 0 Å². The highest BCUT2D eigenvalue weighted by atomic mass is 16.3. The van der Waals surface area contributed by atoms with Crippen LogP contribution in [0.4, 0.5) is 0 Å². The maximum absolute atomic E-state index is 11.7. The maximum atomic E-state index is 11.7. The fourth-order valence-corrected chi connectivity index (χ4v) is 1.75. The van der Waals surface area contributed by atoms with Crippen molar-refractivity contribution in [3.8, 4) is 5.75 Å². The summed E-state index contributed by atoms with van der Waals surface area (Å²) in [7, 11) is 0. The fourth-order valence-electron chi connectivity index (χ4n) is 1.75. The van der Waals surface area contributed by atoms with Crippen LogP contribution in [0, 0.1) is 13.8 Å². The Bertz CT molecular complexity index is 629. The van der Waals surface area contributed by atoms with E-state index in [0.717, 1.165) is 17.0 Å². The third-order valence-electron chi connectivity index (χ3n) is 2.69. The van der Waals surface area contributed by atoms with Crippen molar-refractivity contribution in [2.75, 3.05) is 0 Å². The molecule has 2 N–H and O–H groups in total. The van der Waals surface area contributed by atoms with E-state index in [1.165, 1.54) is 6.21 Å². The number of hydrazone groups is 1. The number of aromatic nitrogens is 2. The standard InChI is InChI=1S/C14H16N4O2/c1-10-7-11(2)18(17-10)9-14(20)16-15-8-12-3-5-13(19)6-4-12/h3-8,19H,9H2,1-2H3,(H,16,20)/b15-8+. The molecule has 0 aliphatic heterocycles. The first-order valence-corrected chi connectivity index (χ1v) is 6.16. The molecule has 20 heavy (non-hydrogen) atoms. The second-order valence-electron chi connectivity index (χ2n) is 4.47. The third kappa shape index (κ3) is 3.68. The van der Waals surface area contributed by atoms with Crippen molar-refractivity contribution in [1.82, 2.24) is 15.2 Å². The highest BCUT2D eigenvalue weighted by Crippen LogP contribution is 2.07. The van der Waals surface area contributed by atoms with E-state index in [1.54, 1.807) is 28.9 Å². The van der Waals surface area contributed by atoms with Crippen molar-refractivity contribution in [1.29, 1.82) is 0 Å². The van der Waals surface area contributed by atoms with Gasteiger partial charge in [0.1, 0.15) is 12.3 Å². The van der Waals surface area contributed by atoms with Crippen LogP contribution in [-0.4, -0.2) is 27.0 Å². The van der Waals surface area contributed by atoms with Crippen molar-refractivity contribution in [3.05, 3.63) is 47.3 Å². The van der Waals surface area contributed by atoms with Crippen molar-refractivity contribution < 1.29 is 9.90 Å². The molecule has 0 fully saturated rings. The monoisotopic (exact) mass is 272 g/mol. The quantitative estimate of drug-likeness (QED) is 0.651. The smallest absolute Gasteiger partial charge is 0.261 e. The Labute approximate surface area is 116 Å². The molecule has 1 amide bonds. The Morgan fingerprint density at radius 3 is 2.70 bits per heavy atom. The zero-order chi connectivity index (χ0) is 14.5. The van der Waals surface area contributed by atoms with Crippen molar-refractivity contribution >= 4 is 12.1 Å². The van der Waals surface area contributed by atoms with Gasteiger partial charge in [-0.05, 0) is 49.7 Å². The van der Waals surface area contributed by atoms with E-state index in [2.05, 4.69) is 15.6 Å². The minimum absolute atomic E-state index is 0.132. The molecule has 1 aromatic heterocycles. The van der Waals surface area contributed by atoms with Gasteiger partial charge >= 0.3 is 0 Å². The molecule has 0 atom stereocenters. The molecule has 0 unspecified atom stereocenters. The zero-order valence-electron chi connectivity index (χ0n) is 11.4. The van der Waals surface area contributed by atoms with Crippen LogP contribution < -0.4 is 5.43 Å². The Balaban J connectivity index is 1.89. The number of benzene rings is 1. The Morgan fingerprint density at radius 2 is 2.10 bits per heavy atom. The molecule has 0 saturated heterocycles. The highest BCUT2D eigenvalue weighted by Gasteiger charge is 2.05. The molecule has 2 rings (SSSR count). The van der Waals surface area contributed by atoms with Crippen LogP contribution in [0.2, 0.25) is 0 Å². The molecule has 6 nitrogen and oxygen atoms in total. The number of nitrogens with one attached hydrogen (secondary N) is 1. The van der Waals surface area contributed by atoms with Gasteiger partial charge in [-0.2, -0.15) is 10.2 Å². The summed E-state index contributed by atoms with van der Waals surface area (Å²) in [5.74, 6) is -0.0538. The molecular weight excluding hydrogens is 256 g/mol. The lowest BCUT2D eigenvalue weighted by Crippen LogP contribution is -2.24. The largest absolute Gasteiger partial charge is 0.508 e. The Kier molecular flexibility index (Phi) is 4.14. The summed E-state index contributed by atoms with van der Waals surface area (Å²) in [6, 6.07) is 8.42. The number of nitrogens with zero attached hydrogens (tertiary/aromatic N) is 3. The van der Waals surface area contributed by atoms with Crippen LogP contribution in [-0.2, 0) is 11.3 Å². The lowest BCUT2D eigenvalue weighted by atomic mass is 10.2. The summed E-state index contributed by atoms with van der Waals surface area (Å²) < 4.78 is 1.63. The maximum Gasteiger partial charge on any atom is 0.261 e. The molecule has 0 aliphatic carbocycles. The number of phenolic OH excluding ortho intramolecular Hbond substituents is 1. The molecule has 0 spiro atoms. The minimum atomic E-state index is -0.244. The lowest BCUT2D eigenvalue weighted by molar-refractivity contribution is -0.121. The molecule has 0 radical (unpaired) electrons. The number of aromatic hydroxyl groups is 1. The van der Waals surface area contributed by atoms with Crippen molar-refractivity contribution in [3.63, 3.8) is 0 Å². The first kappa shape index (κ1) is 13.8. The van der Waals surface area contributed by atoms with Gasteiger partial charge in [0.15, 0.2) is 0 Å². The van der Waals surface area contributed by atoms with Gasteiger partial charge in [-0.15, -0.1) is 0 Å². The topological polar surface area (TPSA) is 79.5 Å². The number of hydrogen-bond acceptors (Lipinski definition) is 4. The predicted molar refractivity (Wildman–Crippen MR) is 75.5 cm³/mol. The van der Waals surface area contributed by atoms with Gasteiger partial charge in [0.05, 0.1) is 11.9 Å². The van der Waals surface area contributed by atoms with Gasteiger partial charge in [0.2, 0.25) is 0 Å². The number of aryl methyl sites for hydroxylation is 2. The van der Waals surface area contributed by atoms with Gasteiger partial charge in [-0.1, -0.05) is 0 Å². The summed E-state index contributed by atoms with van der Waals surface area (Å²) in [6.45, 7) is 3.91. The second kappa shape index (κ2) is 6.01. The predicted octanol–water partition coefficient (Wildman–Crippen LogP) is 1.36. The summed E-state index contributed by atoms with van der Waals surface area (Å²) in [5.41, 5.74) is 5.03. The summed E-state index contributed by atoms with van der Waals surface area (Å²) >= 11 is 0. The number of phenols is 1. The number of carbonyl (C=O) groups excluding carboxylic acids is 1. The van der Waals surface area contributed by atoms with E-state index in [0.29, 0.717) is 0 Å². The summed E-state index contributed by atoms with van der Waals surface area (Å²) in [5, 5.41) is 17.2. The number of rotatable bonds is 4. The molecule has 1 aromatic carbocycles. The van der Waals surface area contributed by atoms with Crippen LogP contribution in [0.15, 0.2) is 35.4 Å². The van der Waals surface area contributed by atoms with Crippen LogP contribution >= 0.6 is 0 Å². The van der Waals surface area contributed by atoms with Crippen LogP contribution in [0.5, 0.6) is 5.75 Å². The number of amides is 1. The van der Waals surface area contributed by atoms with E-state index < -0.39 is 0 Å². The highest BCUT2D eigenvalue weighted by molar-refractivity contribution is 5.82. The number of carbonyl (C=O) groups is 1. The lowest BCUT2D eigenvalue weighted by Gasteiger charge is -2.02. The zero-order valence-corrected chi connectivity index (χ0v) is 11.4. The van der Waals surface area contributed by atoms with Crippen molar-refractivity contribution in [2.24, 2.45) is 5.10 Å². The van der Waals surface area contributed by atoms with Crippen molar-refractivity contribution in [2.45, 2.75) is 20.4 Å². The van der Waals surface area contributed by atoms with E-state index in [1.807, 2.05) is 19.9 Å². The van der Waals surface area contributed by atoms with Crippen LogP contribution in [0.1, 0.15) is 17.0 Å². The first-order chi connectivity index (χ1) is 9.54. The fraction of sp³-hybridized carbons (Fsp3) is 0.214. The SMILES string of the molecule is Cc1cc(C)n(CC(=O)N/N=C/c2ccc(O)cc2)n1. The molecule has 1 heterocycles.